The van der Waals surface area contributed by atoms with Crippen LogP contribution in [-0.4, -0.2) is 23.6 Å². The molecule has 0 unspecified atom stereocenters. The van der Waals surface area contributed by atoms with Gasteiger partial charge >= 0.3 is 0 Å². The maximum absolute atomic E-state index is 4.60. The Labute approximate surface area is 132 Å². The molecule has 0 radical (unpaired) electrons. The molecular weight excluding hydrogens is 336 g/mol. The van der Waals surface area contributed by atoms with Crippen LogP contribution >= 0.6 is 27.3 Å². The van der Waals surface area contributed by atoms with E-state index in [1.165, 1.54) is 4.88 Å². The number of aryl methyl sites for hydroxylation is 1. The predicted octanol–water partition coefficient (Wildman–Crippen LogP) is 3.35. The van der Waals surface area contributed by atoms with Crippen LogP contribution in [0.25, 0.3) is 0 Å². The van der Waals surface area contributed by atoms with E-state index in [1.54, 1.807) is 11.3 Å². The molecule has 0 bridgehead atoms. The highest BCUT2D eigenvalue weighted by atomic mass is 79.9. The number of hydrogen-bond donors (Lipinski definition) is 1. The molecule has 0 saturated carbocycles. The molecule has 0 aliphatic heterocycles. The van der Waals surface area contributed by atoms with Crippen molar-refractivity contribution >= 4 is 33.2 Å². The van der Waals surface area contributed by atoms with Crippen molar-refractivity contribution in [3.8, 4) is 0 Å². The number of halogens is 1. The van der Waals surface area contributed by atoms with Crippen LogP contribution in [0.3, 0.4) is 0 Å². The van der Waals surface area contributed by atoms with E-state index >= 15 is 0 Å². The Morgan fingerprint density at radius 3 is 2.85 bits per heavy atom. The molecule has 0 saturated heterocycles. The summed E-state index contributed by atoms with van der Waals surface area (Å²) in [4.78, 5) is 12.4. The zero-order chi connectivity index (χ0) is 14.5. The summed E-state index contributed by atoms with van der Waals surface area (Å²) in [5.41, 5.74) is 2.19. The second-order valence-corrected chi connectivity index (χ2v) is 6.56. The van der Waals surface area contributed by atoms with Gasteiger partial charge in [0.1, 0.15) is 0 Å². The maximum Gasteiger partial charge on any atom is 0.225 e. The molecule has 1 N–H and O–H groups in total. The lowest BCUT2D eigenvalue weighted by Gasteiger charge is -2.17. The van der Waals surface area contributed by atoms with E-state index in [1.807, 2.05) is 20.2 Å². The number of aromatic nitrogens is 2. The summed E-state index contributed by atoms with van der Waals surface area (Å²) in [6.45, 7) is 6.73. The maximum atomic E-state index is 4.60. The van der Waals surface area contributed by atoms with Crippen molar-refractivity contribution in [2.45, 2.75) is 26.9 Å². The van der Waals surface area contributed by atoms with E-state index in [0.29, 0.717) is 0 Å². The van der Waals surface area contributed by atoms with Gasteiger partial charge in [0.2, 0.25) is 5.95 Å². The zero-order valence-electron chi connectivity index (χ0n) is 12.0. The predicted molar refractivity (Wildman–Crippen MR) is 88.3 cm³/mol. The molecule has 20 heavy (non-hydrogen) atoms. The molecule has 0 fully saturated rings. The van der Waals surface area contributed by atoms with Crippen LogP contribution in [0.2, 0.25) is 0 Å². The van der Waals surface area contributed by atoms with Crippen LogP contribution in [0.1, 0.15) is 23.1 Å². The molecular formula is C14H19BrN4S. The summed E-state index contributed by atoms with van der Waals surface area (Å²) >= 11 is 5.21. The highest BCUT2D eigenvalue weighted by Gasteiger charge is 2.09. The minimum absolute atomic E-state index is 0.771. The third-order valence-electron chi connectivity index (χ3n) is 2.99. The van der Waals surface area contributed by atoms with Gasteiger partial charge in [-0.15, -0.1) is 11.3 Å². The second-order valence-electron chi connectivity index (χ2n) is 4.65. The number of nitrogens with one attached hydrogen (secondary N) is 1. The van der Waals surface area contributed by atoms with E-state index in [9.17, 15) is 0 Å². The third-order valence-corrected chi connectivity index (χ3v) is 4.67. The first-order chi connectivity index (χ1) is 9.60. The highest BCUT2D eigenvalue weighted by molar-refractivity contribution is 9.10. The van der Waals surface area contributed by atoms with Gasteiger partial charge in [0, 0.05) is 45.8 Å². The Bertz CT molecular complexity index is 570. The summed E-state index contributed by atoms with van der Waals surface area (Å²) in [7, 11) is 2.02. The molecule has 4 nitrogen and oxygen atoms in total. The number of nitrogens with zero attached hydrogens (tertiary/aromatic N) is 3. The van der Waals surface area contributed by atoms with Gasteiger partial charge in [-0.2, -0.15) is 0 Å². The van der Waals surface area contributed by atoms with Crippen molar-refractivity contribution in [1.29, 1.82) is 0 Å². The van der Waals surface area contributed by atoms with Gasteiger partial charge in [-0.1, -0.05) is 6.92 Å². The summed E-state index contributed by atoms with van der Waals surface area (Å²) in [6, 6.07) is 2.13. The van der Waals surface area contributed by atoms with Crippen molar-refractivity contribution in [3.05, 3.63) is 38.3 Å². The molecule has 2 aromatic heterocycles. The standard InChI is InChI=1S/C14H19BrN4S/c1-4-16-6-11-7-17-14(18-10(11)2)19(3)8-13-5-12(15)9-20-13/h5,7,9,16H,4,6,8H2,1-3H3. The van der Waals surface area contributed by atoms with Crippen molar-refractivity contribution in [2.24, 2.45) is 0 Å². The van der Waals surface area contributed by atoms with Crippen LogP contribution in [0.5, 0.6) is 0 Å². The Morgan fingerprint density at radius 1 is 1.45 bits per heavy atom. The monoisotopic (exact) mass is 354 g/mol. The Morgan fingerprint density at radius 2 is 2.25 bits per heavy atom. The minimum atomic E-state index is 0.771. The van der Waals surface area contributed by atoms with Gasteiger partial charge in [-0.3, -0.25) is 0 Å². The van der Waals surface area contributed by atoms with Crippen molar-refractivity contribution < 1.29 is 0 Å². The fraction of sp³-hybridized carbons (Fsp3) is 0.429. The van der Waals surface area contributed by atoms with Crippen LogP contribution in [0, 0.1) is 6.92 Å². The van der Waals surface area contributed by atoms with Crippen LogP contribution in [0.4, 0.5) is 5.95 Å². The summed E-state index contributed by atoms with van der Waals surface area (Å²) < 4.78 is 1.13. The molecule has 2 aromatic rings. The van der Waals surface area contributed by atoms with Gasteiger partial charge < -0.3 is 10.2 Å². The van der Waals surface area contributed by atoms with Gasteiger partial charge in [-0.05, 0) is 35.5 Å². The van der Waals surface area contributed by atoms with Crippen LogP contribution in [0.15, 0.2) is 22.1 Å². The molecule has 0 aliphatic carbocycles. The molecule has 0 aliphatic rings. The summed E-state index contributed by atoms with van der Waals surface area (Å²) in [5, 5.41) is 5.39. The van der Waals surface area contributed by atoms with Gasteiger partial charge in [-0.25, -0.2) is 9.97 Å². The molecule has 0 spiro atoms. The summed E-state index contributed by atoms with van der Waals surface area (Å²) in [6.07, 6.45) is 1.92. The molecule has 108 valence electrons. The average molecular weight is 355 g/mol. The van der Waals surface area contributed by atoms with E-state index in [0.717, 1.165) is 41.3 Å². The molecule has 0 aromatic carbocycles. The molecule has 0 amide bonds. The Hall–Kier alpha value is -0.980. The van der Waals surface area contributed by atoms with E-state index in [-0.39, 0.29) is 0 Å². The van der Waals surface area contributed by atoms with E-state index in [4.69, 9.17) is 0 Å². The molecule has 6 heteroatoms. The third kappa shape index (κ3) is 4.01. The average Bonchev–Trinajstić information content (AvgIpc) is 2.82. The first-order valence-electron chi connectivity index (χ1n) is 6.57. The SMILES string of the molecule is CCNCc1cnc(N(C)Cc2cc(Br)cs2)nc1C. The fourth-order valence-electron chi connectivity index (χ4n) is 1.84. The fourth-order valence-corrected chi connectivity index (χ4v) is 3.34. The zero-order valence-corrected chi connectivity index (χ0v) is 14.4. The normalized spacial score (nSPS) is 10.8. The lowest BCUT2D eigenvalue weighted by atomic mass is 10.2. The van der Waals surface area contributed by atoms with Gasteiger partial charge in [0.25, 0.3) is 0 Å². The lowest BCUT2D eigenvalue weighted by Crippen LogP contribution is -2.20. The number of hydrogen-bond acceptors (Lipinski definition) is 5. The van der Waals surface area contributed by atoms with Crippen LogP contribution in [-0.2, 0) is 13.1 Å². The van der Waals surface area contributed by atoms with Crippen molar-refractivity contribution in [2.75, 3.05) is 18.5 Å². The number of thiophene rings is 1. The largest absolute Gasteiger partial charge is 0.339 e. The van der Waals surface area contributed by atoms with Crippen LogP contribution < -0.4 is 10.2 Å². The first kappa shape index (κ1) is 15.4. The molecule has 2 heterocycles. The lowest BCUT2D eigenvalue weighted by molar-refractivity contribution is 0.714. The number of anilines is 1. The van der Waals surface area contributed by atoms with Gasteiger partial charge in [0.15, 0.2) is 0 Å². The highest BCUT2D eigenvalue weighted by Crippen LogP contribution is 2.22. The minimum Gasteiger partial charge on any atom is -0.339 e. The Balaban J connectivity index is 2.06. The molecule has 0 atom stereocenters. The van der Waals surface area contributed by atoms with Crippen molar-refractivity contribution in [3.63, 3.8) is 0 Å². The quantitative estimate of drug-likeness (QED) is 0.863. The smallest absolute Gasteiger partial charge is 0.225 e. The first-order valence-corrected chi connectivity index (χ1v) is 8.24. The van der Waals surface area contributed by atoms with E-state index < -0.39 is 0 Å². The number of rotatable bonds is 6. The summed E-state index contributed by atoms with van der Waals surface area (Å²) in [5.74, 6) is 0.771. The van der Waals surface area contributed by atoms with Crippen molar-refractivity contribution in [1.82, 2.24) is 15.3 Å². The van der Waals surface area contributed by atoms with Gasteiger partial charge in [0.05, 0.1) is 6.54 Å². The second kappa shape index (κ2) is 7.15. The van der Waals surface area contributed by atoms with E-state index in [2.05, 4.69) is 54.5 Å². The molecule has 2 rings (SSSR count). The Kier molecular flexibility index (Phi) is 5.51. The topological polar surface area (TPSA) is 41.1 Å².